The number of carbonyl (C=O) groups excluding carboxylic acids is 2. The van der Waals surface area contributed by atoms with Gasteiger partial charge >= 0.3 is 0 Å². The van der Waals surface area contributed by atoms with E-state index in [0.717, 1.165) is 16.9 Å². The molecule has 0 saturated carbocycles. The van der Waals surface area contributed by atoms with E-state index in [1.165, 1.54) is 0 Å². The van der Waals surface area contributed by atoms with Crippen molar-refractivity contribution in [2.24, 2.45) is 0 Å². The number of morpholine rings is 1. The standard InChI is InChI=1S/C19H19N5O3.CH2O2/c1-12-4-3-7-24-10-14(22-18(12)24)9-21-19(26)17-16(23-15(25)11-27-17)13-5-2-6-20-8-13;2-1-3/h2-8,10,16-17H,9,11H2,1H3,(H,21,26)(H,23,25);1H,(H,2,3)/t16-,17+;/m1./s1. The van der Waals surface area contributed by atoms with E-state index in [2.05, 4.69) is 20.6 Å². The first kappa shape index (κ1) is 20.9. The molecular weight excluding hydrogens is 390 g/mol. The van der Waals surface area contributed by atoms with Gasteiger partial charge in [-0.2, -0.15) is 0 Å². The zero-order valence-electron chi connectivity index (χ0n) is 16.2. The second-order valence-corrected chi connectivity index (χ2v) is 6.54. The highest BCUT2D eigenvalue weighted by atomic mass is 16.5. The van der Waals surface area contributed by atoms with Gasteiger partial charge in [-0.15, -0.1) is 0 Å². The van der Waals surface area contributed by atoms with E-state index >= 15 is 0 Å². The van der Waals surface area contributed by atoms with Crippen molar-refractivity contribution >= 4 is 23.9 Å². The molecule has 0 bridgehead atoms. The smallest absolute Gasteiger partial charge is 0.290 e. The van der Waals surface area contributed by atoms with Gasteiger partial charge in [0, 0.05) is 24.8 Å². The van der Waals surface area contributed by atoms with Gasteiger partial charge in [0.15, 0.2) is 6.10 Å². The molecule has 0 aliphatic carbocycles. The lowest BCUT2D eigenvalue weighted by atomic mass is 10.0. The number of hydrogen-bond acceptors (Lipinski definition) is 6. The Balaban J connectivity index is 0.000000806. The van der Waals surface area contributed by atoms with Crippen LogP contribution in [0.15, 0.2) is 49.1 Å². The van der Waals surface area contributed by atoms with Crippen LogP contribution in [0.25, 0.3) is 5.65 Å². The number of amides is 2. The molecule has 0 spiro atoms. The van der Waals surface area contributed by atoms with Crippen LogP contribution in [0.1, 0.15) is 22.9 Å². The van der Waals surface area contributed by atoms with Crippen molar-refractivity contribution in [3.8, 4) is 0 Å². The Morgan fingerprint density at radius 3 is 2.93 bits per heavy atom. The summed E-state index contributed by atoms with van der Waals surface area (Å²) >= 11 is 0. The molecule has 1 saturated heterocycles. The second-order valence-electron chi connectivity index (χ2n) is 6.54. The van der Waals surface area contributed by atoms with Gasteiger partial charge in [0.25, 0.3) is 12.4 Å². The molecule has 0 radical (unpaired) electrons. The van der Waals surface area contributed by atoms with E-state index in [4.69, 9.17) is 14.6 Å². The lowest BCUT2D eigenvalue weighted by molar-refractivity contribution is -0.148. The van der Waals surface area contributed by atoms with Crippen molar-refractivity contribution in [1.82, 2.24) is 25.0 Å². The van der Waals surface area contributed by atoms with Crippen LogP contribution in [0.3, 0.4) is 0 Å². The maximum Gasteiger partial charge on any atom is 0.290 e. The summed E-state index contributed by atoms with van der Waals surface area (Å²) in [7, 11) is 0. The zero-order valence-corrected chi connectivity index (χ0v) is 16.2. The van der Waals surface area contributed by atoms with Gasteiger partial charge in [-0.3, -0.25) is 19.4 Å². The predicted octanol–water partition coefficient (Wildman–Crippen LogP) is 0.611. The molecule has 3 aromatic heterocycles. The molecule has 10 nitrogen and oxygen atoms in total. The van der Waals surface area contributed by atoms with Crippen LogP contribution in [0.4, 0.5) is 0 Å². The molecule has 0 aromatic carbocycles. The van der Waals surface area contributed by atoms with Gasteiger partial charge in [-0.25, -0.2) is 4.98 Å². The summed E-state index contributed by atoms with van der Waals surface area (Å²) in [6.07, 6.45) is 6.22. The zero-order chi connectivity index (χ0) is 21.5. The second kappa shape index (κ2) is 9.61. The van der Waals surface area contributed by atoms with E-state index in [1.54, 1.807) is 24.5 Å². The molecular formula is C20H21N5O5. The van der Waals surface area contributed by atoms with Crippen molar-refractivity contribution in [2.45, 2.75) is 25.6 Å². The average Bonchev–Trinajstić information content (AvgIpc) is 3.18. The monoisotopic (exact) mass is 411 g/mol. The van der Waals surface area contributed by atoms with E-state index < -0.39 is 12.1 Å². The minimum atomic E-state index is -0.828. The number of pyridine rings is 2. The summed E-state index contributed by atoms with van der Waals surface area (Å²) in [5.74, 6) is -0.568. The number of hydrogen-bond donors (Lipinski definition) is 3. The molecule has 1 fully saturated rings. The molecule has 10 heteroatoms. The highest BCUT2D eigenvalue weighted by molar-refractivity contribution is 5.86. The molecule has 1 aliphatic rings. The third kappa shape index (κ3) is 4.78. The minimum Gasteiger partial charge on any atom is -0.483 e. The molecule has 0 unspecified atom stereocenters. The van der Waals surface area contributed by atoms with Crippen LogP contribution in [0.2, 0.25) is 0 Å². The molecule has 2 amide bonds. The number of aryl methyl sites for hydroxylation is 1. The number of rotatable bonds is 4. The highest BCUT2D eigenvalue weighted by Gasteiger charge is 2.36. The summed E-state index contributed by atoms with van der Waals surface area (Å²) in [6.45, 7) is 1.86. The average molecular weight is 411 g/mol. The number of carboxylic acid groups (broad SMARTS) is 1. The Kier molecular flexibility index (Phi) is 6.71. The van der Waals surface area contributed by atoms with E-state index in [0.29, 0.717) is 5.56 Å². The first-order valence-electron chi connectivity index (χ1n) is 9.13. The van der Waals surface area contributed by atoms with Gasteiger partial charge in [0.2, 0.25) is 5.91 Å². The summed E-state index contributed by atoms with van der Waals surface area (Å²) in [4.78, 5) is 41.4. The SMILES string of the molecule is Cc1cccn2cc(CNC(=O)[C@H]3OCC(=O)N[C@@H]3c3cccnc3)nc12.O=CO. The van der Waals surface area contributed by atoms with E-state index in [1.807, 2.05) is 35.9 Å². The van der Waals surface area contributed by atoms with Crippen molar-refractivity contribution in [3.63, 3.8) is 0 Å². The van der Waals surface area contributed by atoms with Crippen LogP contribution in [-0.4, -0.2) is 50.5 Å². The number of fused-ring (bicyclic) bond motifs is 1. The number of nitrogens with one attached hydrogen (secondary N) is 2. The first-order valence-corrected chi connectivity index (χ1v) is 9.13. The van der Waals surface area contributed by atoms with Gasteiger partial charge in [-0.05, 0) is 30.2 Å². The van der Waals surface area contributed by atoms with Crippen LogP contribution in [-0.2, 0) is 25.7 Å². The quantitative estimate of drug-likeness (QED) is 0.535. The van der Waals surface area contributed by atoms with Gasteiger partial charge in [0.1, 0.15) is 12.3 Å². The fraction of sp³-hybridized carbons (Fsp3) is 0.250. The number of aromatic nitrogens is 3. The lowest BCUT2D eigenvalue weighted by Gasteiger charge is -2.31. The fourth-order valence-electron chi connectivity index (χ4n) is 3.17. The molecule has 2 atom stereocenters. The molecule has 3 aromatic rings. The Morgan fingerprint density at radius 2 is 2.23 bits per heavy atom. The predicted molar refractivity (Wildman–Crippen MR) is 105 cm³/mol. The molecule has 1 aliphatic heterocycles. The van der Waals surface area contributed by atoms with Gasteiger partial charge in [0.05, 0.1) is 18.3 Å². The topological polar surface area (TPSA) is 135 Å². The van der Waals surface area contributed by atoms with Gasteiger partial charge in [-0.1, -0.05) is 12.1 Å². The Bertz CT molecular complexity index is 1040. The first-order chi connectivity index (χ1) is 14.5. The number of imidazole rings is 1. The number of carbonyl (C=O) groups is 3. The van der Waals surface area contributed by atoms with Crippen molar-refractivity contribution < 1.29 is 24.2 Å². The fourth-order valence-corrected chi connectivity index (χ4v) is 3.17. The molecule has 3 N–H and O–H groups in total. The Labute approximate surface area is 171 Å². The highest BCUT2D eigenvalue weighted by Crippen LogP contribution is 2.22. The van der Waals surface area contributed by atoms with Crippen molar-refractivity contribution in [2.75, 3.05) is 6.61 Å². The summed E-state index contributed by atoms with van der Waals surface area (Å²) < 4.78 is 7.43. The molecule has 30 heavy (non-hydrogen) atoms. The van der Waals surface area contributed by atoms with E-state index in [-0.39, 0.29) is 31.4 Å². The largest absolute Gasteiger partial charge is 0.483 e. The summed E-state index contributed by atoms with van der Waals surface area (Å²) in [6, 6.07) is 6.91. The normalized spacial score (nSPS) is 18.1. The van der Waals surface area contributed by atoms with E-state index in [9.17, 15) is 9.59 Å². The lowest BCUT2D eigenvalue weighted by Crippen LogP contribution is -2.52. The van der Waals surface area contributed by atoms with Crippen LogP contribution >= 0.6 is 0 Å². The van der Waals surface area contributed by atoms with Crippen LogP contribution < -0.4 is 10.6 Å². The van der Waals surface area contributed by atoms with Crippen LogP contribution in [0.5, 0.6) is 0 Å². The maximum absolute atomic E-state index is 12.7. The number of ether oxygens (including phenoxy) is 1. The summed E-state index contributed by atoms with van der Waals surface area (Å²) in [5, 5.41) is 12.5. The third-order valence-corrected chi connectivity index (χ3v) is 4.49. The number of nitrogens with zero attached hydrogens (tertiary/aromatic N) is 3. The van der Waals surface area contributed by atoms with Crippen molar-refractivity contribution in [3.05, 3.63) is 65.9 Å². The summed E-state index contributed by atoms with van der Waals surface area (Å²) in [5.41, 5.74) is 3.38. The minimum absolute atomic E-state index is 0.150. The van der Waals surface area contributed by atoms with Gasteiger partial charge < -0.3 is 24.9 Å². The molecule has 4 heterocycles. The molecule has 4 rings (SSSR count). The Hall–Kier alpha value is -3.79. The van der Waals surface area contributed by atoms with Crippen LogP contribution in [0, 0.1) is 6.92 Å². The maximum atomic E-state index is 12.7. The Morgan fingerprint density at radius 1 is 1.43 bits per heavy atom. The molecule has 156 valence electrons. The third-order valence-electron chi connectivity index (χ3n) is 4.49. The van der Waals surface area contributed by atoms with Crippen molar-refractivity contribution in [1.29, 1.82) is 0 Å².